The predicted octanol–water partition coefficient (Wildman–Crippen LogP) is 1.78. The van der Waals surface area contributed by atoms with Crippen molar-refractivity contribution < 1.29 is 4.74 Å². The Hall–Kier alpha value is -0.120. The van der Waals surface area contributed by atoms with Gasteiger partial charge in [0.1, 0.15) is 0 Å². The summed E-state index contributed by atoms with van der Waals surface area (Å²) in [5.74, 6) is 1.74. The van der Waals surface area contributed by atoms with Crippen LogP contribution in [0.15, 0.2) is 0 Å². The number of rotatable bonds is 9. The highest BCUT2D eigenvalue weighted by molar-refractivity contribution is 4.82. The van der Waals surface area contributed by atoms with E-state index < -0.39 is 0 Å². The highest BCUT2D eigenvalue weighted by Crippen LogP contribution is 2.33. The van der Waals surface area contributed by atoms with Gasteiger partial charge in [-0.15, -0.1) is 0 Å². The topological polar surface area (TPSA) is 33.3 Å². The maximum absolute atomic E-state index is 5.57. The van der Waals surface area contributed by atoms with E-state index in [1.54, 1.807) is 0 Å². The maximum atomic E-state index is 5.57. The van der Waals surface area contributed by atoms with Crippen molar-refractivity contribution in [2.24, 2.45) is 11.8 Å². The first kappa shape index (κ1) is 13.3. The third-order valence-electron chi connectivity index (χ3n) is 3.92. The SMILES string of the molecule is CCCNC1COCC1CNCCCC1CC1. The minimum absolute atomic E-state index is 0.575. The summed E-state index contributed by atoms with van der Waals surface area (Å²) in [7, 11) is 0. The van der Waals surface area contributed by atoms with Crippen molar-refractivity contribution in [3.8, 4) is 0 Å². The molecule has 1 aliphatic carbocycles. The smallest absolute Gasteiger partial charge is 0.0623 e. The summed E-state index contributed by atoms with van der Waals surface area (Å²) in [6.45, 7) is 7.46. The summed E-state index contributed by atoms with van der Waals surface area (Å²) in [6.07, 6.45) is 6.97. The first-order valence-corrected chi connectivity index (χ1v) is 7.42. The molecule has 1 saturated heterocycles. The average molecular weight is 240 g/mol. The highest BCUT2D eigenvalue weighted by atomic mass is 16.5. The molecule has 2 rings (SSSR count). The molecule has 1 saturated carbocycles. The normalized spacial score (nSPS) is 28.8. The predicted molar refractivity (Wildman–Crippen MR) is 71.2 cm³/mol. The molecule has 0 bridgehead atoms. The molecular weight excluding hydrogens is 212 g/mol. The van der Waals surface area contributed by atoms with E-state index in [1.807, 2.05) is 0 Å². The van der Waals surface area contributed by atoms with E-state index in [-0.39, 0.29) is 0 Å². The van der Waals surface area contributed by atoms with Crippen LogP contribution >= 0.6 is 0 Å². The van der Waals surface area contributed by atoms with E-state index in [1.165, 1.54) is 38.6 Å². The molecule has 0 radical (unpaired) electrons. The van der Waals surface area contributed by atoms with Crippen LogP contribution < -0.4 is 10.6 Å². The Kier molecular flexibility index (Phi) is 5.75. The molecule has 1 heterocycles. The Morgan fingerprint density at radius 1 is 1.18 bits per heavy atom. The lowest BCUT2D eigenvalue weighted by Crippen LogP contribution is -2.40. The first-order chi connectivity index (χ1) is 8.40. The maximum Gasteiger partial charge on any atom is 0.0623 e. The van der Waals surface area contributed by atoms with Gasteiger partial charge in [-0.25, -0.2) is 0 Å². The molecule has 1 aliphatic heterocycles. The van der Waals surface area contributed by atoms with Crippen LogP contribution in [0.4, 0.5) is 0 Å². The van der Waals surface area contributed by atoms with Crippen LogP contribution in [0.2, 0.25) is 0 Å². The monoisotopic (exact) mass is 240 g/mol. The van der Waals surface area contributed by atoms with Gasteiger partial charge in [0, 0.05) is 18.5 Å². The van der Waals surface area contributed by atoms with Gasteiger partial charge in [-0.3, -0.25) is 0 Å². The van der Waals surface area contributed by atoms with Gasteiger partial charge in [0.15, 0.2) is 0 Å². The Morgan fingerprint density at radius 3 is 2.82 bits per heavy atom. The van der Waals surface area contributed by atoms with E-state index in [0.717, 1.165) is 32.2 Å². The van der Waals surface area contributed by atoms with Crippen LogP contribution in [0, 0.1) is 11.8 Å². The second-order valence-electron chi connectivity index (χ2n) is 5.65. The van der Waals surface area contributed by atoms with Crippen molar-refractivity contribution in [3.63, 3.8) is 0 Å². The van der Waals surface area contributed by atoms with Crippen molar-refractivity contribution in [1.82, 2.24) is 10.6 Å². The summed E-state index contributed by atoms with van der Waals surface area (Å²) < 4.78 is 5.57. The van der Waals surface area contributed by atoms with Crippen LogP contribution in [-0.2, 0) is 4.74 Å². The van der Waals surface area contributed by atoms with E-state index >= 15 is 0 Å². The van der Waals surface area contributed by atoms with Gasteiger partial charge in [0.05, 0.1) is 13.2 Å². The number of nitrogens with one attached hydrogen (secondary N) is 2. The Labute approximate surface area is 106 Å². The van der Waals surface area contributed by atoms with Crippen LogP contribution in [0.1, 0.15) is 39.0 Å². The fraction of sp³-hybridized carbons (Fsp3) is 1.00. The second kappa shape index (κ2) is 7.34. The first-order valence-electron chi connectivity index (χ1n) is 7.42. The molecule has 2 unspecified atom stereocenters. The van der Waals surface area contributed by atoms with Crippen molar-refractivity contribution in [3.05, 3.63) is 0 Å². The molecule has 17 heavy (non-hydrogen) atoms. The van der Waals surface area contributed by atoms with Gasteiger partial charge >= 0.3 is 0 Å². The largest absolute Gasteiger partial charge is 0.379 e. The van der Waals surface area contributed by atoms with E-state index in [9.17, 15) is 0 Å². The van der Waals surface area contributed by atoms with Gasteiger partial charge in [-0.2, -0.15) is 0 Å². The Morgan fingerprint density at radius 2 is 2.06 bits per heavy atom. The quantitative estimate of drug-likeness (QED) is 0.603. The lowest BCUT2D eigenvalue weighted by atomic mass is 10.0. The zero-order chi connectivity index (χ0) is 11.9. The van der Waals surface area contributed by atoms with Gasteiger partial charge in [-0.05, 0) is 38.3 Å². The summed E-state index contributed by atoms with van der Waals surface area (Å²) in [6, 6.07) is 0.575. The van der Waals surface area contributed by atoms with Crippen molar-refractivity contribution in [1.29, 1.82) is 0 Å². The third kappa shape index (κ3) is 4.94. The number of hydrogen-bond donors (Lipinski definition) is 2. The van der Waals surface area contributed by atoms with Crippen LogP contribution in [0.5, 0.6) is 0 Å². The third-order valence-corrected chi connectivity index (χ3v) is 3.92. The zero-order valence-corrected chi connectivity index (χ0v) is 11.2. The molecule has 2 N–H and O–H groups in total. The standard InChI is InChI=1S/C14H28N2O/c1-2-7-16-14-11-17-10-13(14)9-15-8-3-4-12-5-6-12/h12-16H,2-11H2,1H3. The van der Waals surface area contributed by atoms with Crippen LogP contribution in [0.3, 0.4) is 0 Å². The summed E-state index contributed by atoms with van der Waals surface area (Å²) in [4.78, 5) is 0. The molecule has 3 heteroatoms. The zero-order valence-electron chi connectivity index (χ0n) is 11.2. The molecule has 100 valence electrons. The van der Waals surface area contributed by atoms with E-state index in [2.05, 4.69) is 17.6 Å². The minimum atomic E-state index is 0.575. The molecule has 0 spiro atoms. The minimum Gasteiger partial charge on any atom is -0.379 e. The van der Waals surface area contributed by atoms with Gasteiger partial charge in [0.2, 0.25) is 0 Å². The lowest BCUT2D eigenvalue weighted by molar-refractivity contribution is 0.182. The second-order valence-corrected chi connectivity index (χ2v) is 5.65. The molecule has 2 aliphatic rings. The van der Waals surface area contributed by atoms with Gasteiger partial charge in [-0.1, -0.05) is 19.8 Å². The Bertz CT molecular complexity index is 206. The molecule has 2 atom stereocenters. The van der Waals surface area contributed by atoms with E-state index in [0.29, 0.717) is 12.0 Å². The molecule has 0 aromatic heterocycles. The van der Waals surface area contributed by atoms with Crippen LogP contribution in [0.25, 0.3) is 0 Å². The molecule has 3 nitrogen and oxygen atoms in total. The Balaban J connectivity index is 1.50. The van der Waals surface area contributed by atoms with Gasteiger partial charge in [0.25, 0.3) is 0 Å². The fourth-order valence-electron chi connectivity index (χ4n) is 2.56. The van der Waals surface area contributed by atoms with Crippen LogP contribution in [-0.4, -0.2) is 38.9 Å². The molecule has 0 aromatic rings. The number of hydrogen-bond acceptors (Lipinski definition) is 3. The van der Waals surface area contributed by atoms with Gasteiger partial charge < -0.3 is 15.4 Å². The average Bonchev–Trinajstić information content (AvgIpc) is 3.05. The summed E-state index contributed by atoms with van der Waals surface area (Å²) in [5.41, 5.74) is 0. The highest BCUT2D eigenvalue weighted by Gasteiger charge is 2.27. The molecule has 0 amide bonds. The summed E-state index contributed by atoms with van der Waals surface area (Å²) in [5, 5.41) is 7.18. The lowest BCUT2D eigenvalue weighted by Gasteiger charge is -2.19. The summed E-state index contributed by atoms with van der Waals surface area (Å²) >= 11 is 0. The fourth-order valence-corrected chi connectivity index (χ4v) is 2.56. The van der Waals surface area contributed by atoms with Crippen molar-refractivity contribution >= 4 is 0 Å². The van der Waals surface area contributed by atoms with E-state index in [4.69, 9.17) is 4.74 Å². The molecular formula is C14H28N2O. The molecule has 0 aromatic carbocycles. The van der Waals surface area contributed by atoms with Crippen molar-refractivity contribution in [2.45, 2.75) is 45.1 Å². The molecule has 2 fully saturated rings. The van der Waals surface area contributed by atoms with Crippen molar-refractivity contribution in [2.75, 3.05) is 32.8 Å². The number of ether oxygens (including phenoxy) is 1.